The van der Waals surface area contributed by atoms with E-state index in [1.54, 1.807) is 11.3 Å². The van der Waals surface area contributed by atoms with Crippen molar-refractivity contribution in [1.29, 1.82) is 0 Å². The predicted octanol–water partition coefficient (Wildman–Crippen LogP) is 4.69. The maximum atomic E-state index is 6.07. The van der Waals surface area contributed by atoms with Gasteiger partial charge >= 0.3 is 0 Å². The van der Waals surface area contributed by atoms with E-state index in [9.17, 15) is 0 Å². The Morgan fingerprint density at radius 3 is 2.75 bits per heavy atom. The van der Waals surface area contributed by atoms with Crippen LogP contribution in [0, 0.1) is 0 Å². The minimum absolute atomic E-state index is 0.204. The zero-order valence-electron chi connectivity index (χ0n) is 11.4. The lowest BCUT2D eigenvalue weighted by Crippen LogP contribution is -2.33. The van der Waals surface area contributed by atoms with E-state index in [2.05, 4.69) is 57.4 Å². The monoisotopic (exact) mass is 372 g/mol. The molecule has 1 atom stereocenters. The molecule has 0 amide bonds. The fourth-order valence-corrected chi connectivity index (χ4v) is 3.50. The van der Waals surface area contributed by atoms with Crippen molar-refractivity contribution in [2.24, 2.45) is 5.73 Å². The summed E-state index contributed by atoms with van der Waals surface area (Å²) in [6.45, 7) is 4.64. The van der Waals surface area contributed by atoms with Crippen LogP contribution >= 0.6 is 38.9 Å². The quantitative estimate of drug-likeness (QED) is 0.796. The van der Waals surface area contributed by atoms with Crippen LogP contribution in [0.5, 0.6) is 0 Å². The Kier molecular flexibility index (Phi) is 6.05. The van der Waals surface area contributed by atoms with Gasteiger partial charge in [-0.15, -0.1) is 11.3 Å². The normalized spacial score (nSPS) is 12.8. The number of rotatable bonds is 6. The lowest BCUT2D eigenvalue weighted by molar-refractivity contribution is 0.205. The van der Waals surface area contributed by atoms with Crippen LogP contribution in [0.15, 0.2) is 40.2 Å². The highest BCUT2D eigenvalue weighted by Crippen LogP contribution is 2.29. The number of nitrogens with zero attached hydrogens (tertiary/aromatic N) is 1. The SMILES string of the molecule is CCN(Cc1cccs1)C(CN)c1ccc(Cl)c(Br)c1. The third-order valence-corrected chi connectivity index (χ3v) is 5.41. The van der Waals surface area contributed by atoms with Gasteiger partial charge in [0.1, 0.15) is 0 Å². The van der Waals surface area contributed by atoms with E-state index < -0.39 is 0 Å². The molecular formula is C15H18BrClN2S. The van der Waals surface area contributed by atoms with Crippen molar-refractivity contribution in [2.45, 2.75) is 19.5 Å². The van der Waals surface area contributed by atoms with E-state index in [-0.39, 0.29) is 6.04 Å². The number of thiophene rings is 1. The fraction of sp³-hybridized carbons (Fsp3) is 0.333. The van der Waals surface area contributed by atoms with E-state index in [1.165, 1.54) is 10.4 Å². The molecule has 0 fully saturated rings. The number of hydrogen-bond donors (Lipinski definition) is 1. The van der Waals surface area contributed by atoms with Crippen LogP contribution in [0.2, 0.25) is 5.02 Å². The summed E-state index contributed by atoms with van der Waals surface area (Å²) >= 11 is 11.3. The van der Waals surface area contributed by atoms with Gasteiger partial charge in [-0.1, -0.05) is 30.7 Å². The minimum atomic E-state index is 0.204. The van der Waals surface area contributed by atoms with Crippen LogP contribution in [0.3, 0.4) is 0 Å². The molecule has 2 aromatic rings. The van der Waals surface area contributed by atoms with Crippen LogP contribution in [0.25, 0.3) is 0 Å². The maximum Gasteiger partial charge on any atom is 0.0548 e. The van der Waals surface area contributed by atoms with Crippen LogP contribution in [0.4, 0.5) is 0 Å². The van der Waals surface area contributed by atoms with Gasteiger partial charge in [0.05, 0.1) is 5.02 Å². The Morgan fingerprint density at radius 1 is 1.40 bits per heavy atom. The second-order valence-electron chi connectivity index (χ2n) is 4.57. The molecule has 1 aromatic heterocycles. The van der Waals surface area contributed by atoms with Crippen molar-refractivity contribution in [3.8, 4) is 0 Å². The Hall–Kier alpha value is -0.390. The van der Waals surface area contributed by atoms with E-state index in [0.717, 1.165) is 22.6 Å². The molecule has 0 aliphatic rings. The highest BCUT2D eigenvalue weighted by atomic mass is 79.9. The molecule has 1 aromatic carbocycles. The van der Waals surface area contributed by atoms with Crippen molar-refractivity contribution in [2.75, 3.05) is 13.1 Å². The smallest absolute Gasteiger partial charge is 0.0548 e. The average Bonchev–Trinajstić information content (AvgIpc) is 2.95. The van der Waals surface area contributed by atoms with Crippen molar-refractivity contribution in [1.82, 2.24) is 4.90 Å². The Bertz CT molecular complexity index is 545. The Labute approximate surface area is 137 Å². The maximum absolute atomic E-state index is 6.07. The molecule has 0 aliphatic heterocycles. The summed E-state index contributed by atoms with van der Waals surface area (Å²) in [6, 6.07) is 10.5. The molecule has 108 valence electrons. The van der Waals surface area contributed by atoms with Gasteiger partial charge < -0.3 is 5.73 Å². The Morgan fingerprint density at radius 2 is 2.20 bits per heavy atom. The number of halogens is 2. The summed E-state index contributed by atoms with van der Waals surface area (Å²) in [5.74, 6) is 0. The molecule has 20 heavy (non-hydrogen) atoms. The topological polar surface area (TPSA) is 29.3 Å². The second kappa shape index (κ2) is 7.57. The van der Waals surface area contributed by atoms with Gasteiger partial charge in [0.2, 0.25) is 0 Å². The van der Waals surface area contributed by atoms with Gasteiger partial charge in [-0.2, -0.15) is 0 Å². The first-order valence-electron chi connectivity index (χ1n) is 6.57. The average molecular weight is 374 g/mol. The molecule has 0 radical (unpaired) electrons. The number of nitrogens with two attached hydrogens (primary N) is 1. The van der Waals surface area contributed by atoms with Gasteiger partial charge in [-0.05, 0) is 51.6 Å². The summed E-state index contributed by atoms with van der Waals surface area (Å²) in [6.07, 6.45) is 0. The van der Waals surface area contributed by atoms with Crippen LogP contribution in [-0.2, 0) is 6.54 Å². The van der Waals surface area contributed by atoms with E-state index in [4.69, 9.17) is 17.3 Å². The summed E-state index contributed by atoms with van der Waals surface area (Å²) in [4.78, 5) is 3.75. The van der Waals surface area contributed by atoms with Crippen molar-refractivity contribution < 1.29 is 0 Å². The van der Waals surface area contributed by atoms with Crippen LogP contribution in [-0.4, -0.2) is 18.0 Å². The zero-order valence-corrected chi connectivity index (χ0v) is 14.5. The minimum Gasteiger partial charge on any atom is -0.329 e. The summed E-state index contributed by atoms with van der Waals surface area (Å²) in [7, 11) is 0. The number of hydrogen-bond acceptors (Lipinski definition) is 3. The zero-order chi connectivity index (χ0) is 14.5. The molecule has 1 heterocycles. The molecule has 0 spiro atoms. The van der Waals surface area contributed by atoms with Gasteiger partial charge in [0.15, 0.2) is 0 Å². The highest BCUT2D eigenvalue weighted by Gasteiger charge is 2.19. The molecule has 0 aliphatic carbocycles. The molecule has 0 bridgehead atoms. The molecule has 1 unspecified atom stereocenters. The molecule has 2 N–H and O–H groups in total. The van der Waals surface area contributed by atoms with Crippen molar-refractivity contribution >= 4 is 38.9 Å². The van der Waals surface area contributed by atoms with Crippen LogP contribution < -0.4 is 5.73 Å². The third-order valence-electron chi connectivity index (χ3n) is 3.34. The largest absolute Gasteiger partial charge is 0.329 e. The van der Waals surface area contributed by atoms with Crippen LogP contribution in [0.1, 0.15) is 23.4 Å². The standard InChI is InChI=1S/C15H18BrClN2S/c1-2-19(10-12-4-3-7-20-12)15(9-18)11-5-6-14(17)13(16)8-11/h3-8,15H,2,9-10,18H2,1H3. The van der Waals surface area contributed by atoms with E-state index >= 15 is 0 Å². The summed E-state index contributed by atoms with van der Waals surface area (Å²) in [5, 5.41) is 2.84. The highest BCUT2D eigenvalue weighted by molar-refractivity contribution is 9.10. The molecular weight excluding hydrogens is 356 g/mol. The second-order valence-corrected chi connectivity index (χ2v) is 6.86. The van der Waals surface area contributed by atoms with Gasteiger partial charge in [0, 0.05) is 28.5 Å². The van der Waals surface area contributed by atoms with Gasteiger partial charge in [-0.25, -0.2) is 0 Å². The van der Waals surface area contributed by atoms with Gasteiger partial charge in [0.25, 0.3) is 0 Å². The van der Waals surface area contributed by atoms with E-state index in [0.29, 0.717) is 6.54 Å². The predicted molar refractivity (Wildman–Crippen MR) is 91.4 cm³/mol. The van der Waals surface area contributed by atoms with Gasteiger partial charge in [-0.3, -0.25) is 4.90 Å². The lowest BCUT2D eigenvalue weighted by Gasteiger charge is -2.30. The third kappa shape index (κ3) is 3.83. The first kappa shape index (κ1) is 16.0. The fourth-order valence-electron chi connectivity index (χ4n) is 2.26. The Balaban J connectivity index is 2.21. The molecule has 2 nitrogen and oxygen atoms in total. The first-order valence-corrected chi connectivity index (χ1v) is 8.62. The lowest BCUT2D eigenvalue weighted by atomic mass is 10.1. The van der Waals surface area contributed by atoms with Crippen molar-refractivity contribution in [3.63, 3.8) is 0 Å². The molecule has 0 saturated heterocycles. The number of benzene rings is 1. The van der Waals surface area contributed by atoms with Crippen molar-refractivity contribution in [3.05, 3.63) is 55.6 Å². The van der Waals surface area contributed by atoms with E-state index in [1.807, 2.05) is 6.07 Å². The number of likely N-dealkylation sites (N-methyl/N-ethyl adjacent to an activating group) is 1. The summed E-state index contributed by atoms with van der Waals surface area (Å²) < 4.78 is 0.919. The molecule has 2 rings (SSSR count). The summed E-state index contributed by atoms with van der Waals surface area (Å²) in [5.41, 5.74) is 7.21. The molecule has 0 saturated carbocycles. The molecule has 5 heteroatoms. The first-order chi connectivity index (χ1) is 9.65.